The predicted octanol–water partition coefficient (Wildman–Crippen LogP) is 14.8. The van der Waals surface area contributed by atoms with Gasteiger partial charge in [0.05, 0.1) is 25.4 Å². The number of amides is 1. The smallest absolute Gasteiger partial charge is 0.306 e. The molecule has 1 fully saturated rings. The van der Waals surface area contributed by atoms with Gasteiger partial charge >= 0.3 is 5.97 Å². The van der Waals surface area contributed by atoms with Gasteiger partial charge in [0, 0.05) is 6.42 Å². The van der Waals surface area contributed by atoms with Crippen molar-refractivity contribution in [3.63, 3.8) is 0 Å². The van der Waals surface area contributed by atoms with E-state index in [2.05, 4.69) is 74.7 Å². The maximum atomic E-state index is 13.4. The van der Waals surface area contributed by atoms with E-state index in [1.807, 2.05) is 18.2 Å². The number of allylic oxidation sites excluding steroid dienone is 11. The van der Waals surface area contributed by atoms with E-state index in [0.717, 1.165) is 70.6 Å². The standard InChI is InChI=1S/C65H115NO10/c1-4-7-10-13-16-19-22-25-26-27-28-29-30-31-32-33-35-37-40-43-46-49-52-58(69)64(73)66-56(57(68)51-48-45-42-39-36-24-21-18-15-12-9-6-3)55-74-65-63(62(72)61(71)59(54-67)75-65)76-60(70)53-50-47-44-41-38-34-23-20-17-14-11-8-5-2/h16,19,25-26,28-29,34,38,44,47-48,51,56-59,61-63,65,67-69,71-72H,4-15,17-18,20-24,27,30-33,35-37,39-43,45-46,49-50,52-55H2,1-3H3,(H,66,73)/b19-16-,26-25-,29-28-,38-34-,47-44+,51-48+. The first-order valence-corrected chi connectivity index (χ1v) is 31.2. The van der Waals surface area contributed by atoms with Crippen molar-refractivity contribution in [2.24, 2.45) is 0 Å². The molecule has 1 aliphatic heterocycles. The van der Waals surface area contributed by atoms with Gasteiger partial charge in [-0.15, -0.1) is 0 Å². The summed E-state index contributed by atoms with van der Waals surface area (Å²) in [5.41, 5.74) is 0. The summed E-state index contributed by atoms with van der Waals surface area (Å²) in [6.45, 7) is 5.72. The summed E-state index contributed by atoms with van der Waals surface area (Å²) in [5, 5.41) is 56.9. The molecule has 0 spiro atoms. The Bertz CT molecular complexity index is 1510. The summed E-state index contributed by atoms with van der Waals surface area (Å²) < 4.78 is 17.5. The van der Waals surface area contributed by atoms with Gasteiger partial charge in [-0.1, -0.05) is 248 Å². The van der Waals surface area contributed by atoms with Crippen LogP contribution in [0.1, 0.15) is 265 Å². The highest BCUT2D eigenvalue weighted by Crippen LogP contribution is 2.26. The van der Waals surface area contributed by atoms with Crippen LogP contribution in [0, 0.1) is 0 Å². The van der Waals surface area contributed by atoms with Crippen LogP contribution >= 0.6 is 0 Å². The van der Waals surface area contributed by atoms with Crippen LogP contribution in [0.5, 0.6) is 0 Å². The lowest BCUT2D eigenvalue weighted by molar-refractivity contribution is -0.305. The Morgan fingerprint density at radius 1 is 0.513 bits per heavy atom. The number of carbonyl (C=O) groups is 2. The topological polar surface area (TPSA) is 175 Å². The van der Waals surface area contributed by atoms with Crippen molar-refractivity contribution >= 4 is 11.9 Å². The Balaban J connectivity index is 2.68. The molecule has 8 unspecified atom stereocenters. The molecule has 6 N–H and O–H groups in total. The number of ether oxygens (including phenoxy) is 3. The molecule has 1 aliphatic rings. The fourth-order valence-corrected chi connectivity index (χ4v) is 9.36. The molecule has 440 valence electrons. The van der Waals surface area contributed by atoms with Crippen LogP contribution in [0.4, 0.5) is 0 Å². The molecular weight excluding hydrogens is 955 g/mol. The van der Waals surface area contributed by atoms with Crippen LogP contribution in [0.15, 0.2) is 72.9 Å². The van der Waals surface area contributed by atoms with Crippen molar-refractivity contribution in [3.05, 3.63) is 72.9 Å². The van der Waals surface area contributed by atoms with Crippen molar-refractivity contribution in [1.82, 2.24) is 5.32 Å². The Labute approximate surface area is 464 Å². The first-order valence-electron chi connectivity index (χ1n) is 31.2. The Kier molecular flexibility index (Phi) is 49.4. The predicted molar refractivity (Wildman–Crippen MR) is 315 cm³/mol. The minimum atomic E-state index is -1.64. The van der Waals surface area contributed by atoms with Crippen molar-refractivity contribution < 1.29 is 49.3 Å². The first kappa shape index (κ1) is 71.1. The third-order valence-electron chi connectivity index (χ3n) is 14.3. The molecule has 0 aromatic carbocycles. The van der Waals surface area contributed by atoms with E-state index in [0.29, 0.717) is 12.8 Å². The number of esters is 1. The van der Waals surface area contributed by atoms with Crippen molar-refractivity contribution in [2.45, 2.75) is 314 Å². The van der Waals surface area contributed by atoms with E-state index in [1.54, 1.807) is 6.08 Å². The van der Waals surface area contributed by atoms with E-state index < -0.39 is 67.4 Å². The van der Waals surface area contributed by atoms with E-state index in [4.69, 9.17) is 14.2 Å². The average Bonchev–Trinajstić information content (AvgIpc) is 3.42. The number of nitrogens with one attached hydrogen (secondary N) is 1. The molecule has 0 aromatic rings. The van der Waals surface area contributed by atoms with Gasteiger partial charge < -0.3 is 45.1 Å². The van der Waals surface area contributed by atoms with Crippen LogP contribution in [-0.4, -0.2) is 99.6 Å². The SMILES string of the molecule is CCCCC/C=C\C/C=C\C/C=C\CCCCCCCCCCCC(O)C(=O)NC(COC1OC(CO)C(O)C(O)C1OC(=O)CC/C=C/C/C=C\CCCCCCCC)C(O)/C=C/CCCCCCCCCCCC. The number of unbranched alkanes of at least 4 members (excludes halogenated alkanes) is 28. The third-order valence-corrected chi connectivity index (χ3v) is 14.3. The third kappa shape index (κ3) is 40.3. The molecule has 1 saturated heterocycles. The van der Waals surface area contributed by atoms with Gasteiger partial charge in [-0.05, 0) is 83.5 Å². The molecule has 76 heavy (non-hydrogen) atoms. The molecule has 1 rings (SSSR count). The number of aliphatic hydroxyl groups is 5. The molecule has 11 nitrogen and oxygen atoms in total. The fourth-order valence-electron chi connectivity index (χ4n) is 9.36. The Hall–Kier alpha value is -2.90. The lowest BCUT2D eigenvalue weighted by Crippen LogP contribution is -2.61. The van der Waals surface area contributed by atoms with Crippen LogP contribution in [0.25, 0.3) is 0 Å². The van der Waals surface area contributed by atoms with Crippen LogP contribution in [-0.2, 0) is 23.8 Å². The van der Waals surface area contributed by atoms with Crippen molar-refractivity contribution in [1.29, 1.82) is 0 Å². The molecule has 1 heterocycles. The van der Waals surface area contributed by atoms with Crippen molar-refractivity contribution in [3.8, 4) is 0 Å². The molecule has 0 aliphatic carbocycles. The number of hydrogen-bond donors (Lipinski definition) is 6. The highest BCUT2D eigenvalue weighted by Gasteiger charge is 2.47. The quantitative estimate of drug-likeness (QED) is 0.0195. The second-order valence-electron chi connectivity index (χ2n) is 21.4. The number of carbonyl (C=O) groups excluding carboxylic acids is 2. The minimum absolute atomic E-state index is 0.0156. The van der Waals surface area contributed by atoms with Crippen molar-refractivity contribution in [2.75, 3.05) is 13.2 Å². The molecular formula is C65H115NO10. The Morgan fingerprint density at radius 3 is 1.38 bits per heavy atom. The highest BCUT2D eigenvalue weighted by atomic mass is 16.7. The van der Waals surface area contributed by atoms with E-state index in [1.165, 1.54) is 148 Å². The molecule has 8 atom stereocenters. The molecule has 0 radical (unpaired) electrons. The second kappa shape index (κ2) is 52.8. The summed E-state index contributed by atoms with van der Waals surface area (Å²) >= 11 is 0. The summed E-state index contributed by atoms with van der Waals surface area (Å²) in [4.78, 5) is 26.5. The monoisotopic (exact) mass is 1070 g/mol. The molecule has 0 aromatic heterocycles. The van der Waals surface area contributed by atoms with Gasteiger partial charge in [-0.25, -0.2) is 0 Å². The summed E-state index contributed by atoms with van der Waals surface area (Å²) in [5.74, 6) is -1.27. The van der Waals surface area contributed by atoms with Crippen LogP contribution < -0.4 is 5.32 Å². The van der Waals surface area contributed by atoms with E-state index in [-0.39, 0.29) is 19.4 Å². The number of rotatable bonds is 52. The van der Waals surface area contributed by atoms with E-state index >= 15 is 0 Å². The first-order chi connectivity index (χ1) is 37.2. The zero-order valence-electron chi connectivity index (χ0n) is 48.6. The van der Waals surface area contributed by atoms with Gasteiger partial charge in [0.25, 0.3) is 0 Å². The second-order valence-corrected chi connectivity index (χ2v) is 21.4. The Morgan fingerprint density at radius 2 is 0.908 bits per heavy atom. The lowest BCUT2D eigenvalue weighted by Gasteiger charge is -2.41. The highest BCUT2D eigenvalue weighted by molar-refractivity contribution is 5.80. The number of aliphatic hydroxyl groups excluding tert-OH is 5. The van der Waals surface area contributed by atoms with Gasteiger partial charge in [0.15, 0.2) is 12.4 Å². The normalized spacial score (nSPS) is 19.6. The zero-order valence-corrected chi connectivity index (χ0v) is 48.6. The number of hydrogen-bond acceptors (Lipinski definition) is 10. The largest absolute Gasteiger partial charge is 0.454 e. The minimum Gasteiger partial charge on any atom is -0.454 e. The average molecular weight is 1070 g/mol. The fraction of sp³-hybridized carbons (Fsp3) is 0.785. The summed E-state index contributed by atoms with van der Waals surface area (Å²) in [6, 6.07) is -1.04. The molecule has 1 amide bonds. The van der Waals surface area contributed by atoms with Gasteiger partial charge in [-0.2, -0.15) is 0 Å². The molecule has 0 bridgehead atoms. The maximum absolute atomic E-state index is 13.4. The summed E-state index contributed by atoms with van der Waals surface area (Å²) in [6.07, 6.45) is 56.7. The van der Waals surface area contributed by atoms with E-state index in [9.17, 15) is 35.1 Å². The van der Waals surface area contributed by atoms with Gasteiger partial charge in [0.1, 0.15) is 24.4 Å². The summed E-state index contributed by atoms with van der Waals surface area (Å²) in [7, 11) is 0. The lowest BCUT2D eigenvalue weighted by atomic mass is 9.99. The van der Waals surface area contributed by atoms with Gasteiger partial charge in [0.2, 0.25) is 5.91 Å². The molecule has 11 heteroatoms. The van der Waals surface area contributed by atoms with Crippen LogP contribution in [0.3, 0.4) is 0 Å². The van der Waals surface area contributed by atoms with Gasteiger partial charge in [-0.3, -0.25) is 9.59 Å². The van der Waals surface area contributed by atoms with Crippen LogP contribution in [0.2, 0.25) is 0 Å². The maximum Gasteiger partial charge on any atom is 0.306 e. The molecule has 0 saturated carbocycles. The zero-order chi connectivity index (χ0) is 55.4.